The molecule has 10 rings (SSSR count). The van der Waals surface area contributed by atoms with Crippen LogP contribution in [0.1, 0.15) is 144 Å². The van der Waals surface area contributed by atoms with Gasteiger partial charge in [-0.1, -0.05) is 42.5 Å². The molecule has 0 aliphatic carbocycles. The van der Waals surface area contributed by atoms with Gasteiger partial charge in [0.05, 0.1) is 59.7 Å². The van der Waals surface area contributed by atoms with Gasteiger partial charge in [-0.2, -0.15) is 0 Å². The predicted octanol–water partition coefficient (Wildman–Crippen LogP) is 3.77. The number of fused-ring (bicyclic) bond motifs is 12. The number of aliphatic hydroxyl groups is 1. The van der Waals surface area contributed by atoms with Crippen molar-refractivity contribution in [1.82, 2.24) is 56.9 Å². The lowest BCUT2D eigenvalue weighted by atomic mass is 9.88. The Hall–Kier alpha value is -10.1. The van der Waals surface area contributed by atoms with E-state index in [1.54, 1.807) is 73.8 Å². The number of ketones is 2. The first-order chi connectivity index (χ1) is 53.0. The Kier molecular flexibility index (Phi) is 28.7. The molecule has 0 spiro atoms. The molecule has 12 bridgehead atoms. The third-order valence-corrected chi connectivity index (χ3v) is 21.6. The monoisotopic (exact) mass is 1540 g/mol. The zero-order chi connectivity index (χ0) is 79.7. The van der Waals surface area contributed by atoms with E-state index >= 15 is 33.2 Å². The van der Waals surface area contributed by atoms with Crippen molar-refractivity contribution in [2.24, 2.45) is 5.92 Å². The minimum atomic E-state index is -1.84. The fourth-order valence-electron chi connectivity index (χ4n) is 15.3. The number of aromatic nitrogens is 1. The van der Waals surface area contributed by atoms with Gasteiger partial charge in [0.2, 0.25) is 59.1 Å². The Bertz CT molecular complexity index is 4240. The van der Waals surface area contributed by atoms with Crippen molar-refractivity contribution in [2.45, 2.75) is 210 Å². The molecule has 0 saturated carbocycles. The first kappa shape index (κ1) is 83.3. The van der Waals surface area contributed by atoms with Crippen molar-refractivity contribution in [3.63, 3.8) is 0 Å². The molecule has 2 saturated heterocycles. The lowest BCUT2D eigenvalue weighted by Crippen LogP contribution is -2.63. The largest absolute Gasteiger partial charge is 0.497 e. The van der Waals surface area contributed by atoms with E-state index in [2.05, 4.69) is 63.7 Å². The van der Waals surface area contributed by atoms with Crippen molar-refractivity contribution >= 4 is 81.5 Å². The fourth-order valence-corrected chi connectivity index (χ4v) is 15.3. The number of amides is 10. The van der Waals surface area contributed by atoms with Crippen LogP contribution in [0, 0.1) is 11.7 Å². The number of ether oxygens (including phenoxy) is 3. The zero-order valence-electron chi connectivity index (χ0n) is 64.7. The van der Waals surface area contributed by atoms with Crippen LogP contribution < -0.4 is 52.0 Å². The number of hydrogen-bond acceptors (Lipinski definition) is 16. The van der Waals surface area contributed by atoms with E-state index in [1.165, 1.54) is 42.9 Å². The molecule has 4 aromatic carbocycles. The number of carbonyl (C=O) groups is 12. The summed E-state index contributed by atoms with van der Waals surface area (Å²) in [5.41, 5.74) is 2.53. The van der Waals surface area contributed by atoms with E-state index < -0.39 is 144 Å². The Labute approximate surface area is 646 Å². The van der Waals surface area contributed by atoms with E-state index in [0.29, 0.717) is 88.0 Å². The highest BCUT2D eigenvalue weighted by molar-refractivity contribution is 6.00. The molecular weight excluding hydrogens is 1430 g/mol. The maximum absolute atomic E-state index is 16.3. The maximum Gasteiger partial charge on any atom is 0.246 e. The molecule has 6 heterocycles. The van der Waals surface area contributed by atoms with Gasteiger partial charge in [-0.3, -0.25) is 57.5 Å². The summed E-state index contributed by atoms with van der Waals surface area (Å²) in [6.07, 6.45) is 0.741. The van der Waals surface area contributed by atoms with Gasteiger partial charge < -0.3 is 80.7 Å². The lowest BCUT2D eigenvalue weighted by Gasteiger charge is -2.37. The van der Waals surface area contributed by atoms with Gasteiger partial charge in [-0.15, -0.1) is 0 Å². The molecule has 598 valence electrons. The van der Waals surface area contributed by atoms with Crippen molar-refractivity contribution in [3.8, 4) is 11.5 Å². The number of nitrogens with one attached hydrogen (secondary N) is 8. The average Bonchev–Trinajstić information content (AvgIpc) is 1.68. The molecule has 28 nitrogen and oxygen atoms in total. The molecule has 1 aromatic heterocycles. The summed E-state index contributed by atoms with van der Waals surface area (Å²) in [4.78, 5) is 180. The van der Waals surface area contributed by atoms with Gasteiger partial charge >= 0.3 is 0 Å². The van der Waals surface area contributed by atoms with Crippen LogP contribution in [0.4, 0.5) is 4.39 Å². The van der Waals surface area contributed by atoms with Crippen LogP contribution in [0.25, 0.3) is 10.9 Å². The van der Waals surface area contributed by atoms with Crippen molar-refractivity contribution in [3.05, 3.63) is 130 Å². The molecule has 5 aliphatic rings. The van der Waals surface area contributed by atoms with Crippen LogP contribution in [0.15, 0.2) is 91.1 Å². The molecule has 10 amide bonds. The second kappa shape index (κ2) is 38.2. The Morgan fingerprint density at radius 2 is 1.42 bits per heavy atom. The van der Waals surface area contributed by atoms with Crippen LogP contribution in [-0.4, -0.2) is 216 Å². The van der Waals surface area contributed by atoms with E-state index in [4.69, 9.17) is 14.2 Å². The SMILES string of the molecule is COc1ccc(C[C@@H]2NC(=O)[C@H]([C@@H](C)O)NC(=O)[C@@H]3[C@@H]4CCN3C(=O)[C@H]3CC(=O)[C@H](Cc5cccc(c5)CNC(=O)CO4)NC(=O)[C@@H](CCC(=O)CCCCC[N+](C)(C)C)NC(=O)[C@H](C)NC(=O)CCC(=O)NCc4cc(cc(c4)OCCCCn4cc(c5cc(F)ccc54)C3)CCNC(=O)[C@]3(C)CCCN3C2=O)cc1. The number of unbranched alkanes of at least 4 members (excludes halogenated alkanes) is 2. The van der Waals surface area contributed by atoms with Crippen molar-refractivity contribution < 1.29 is 85.7 Å². The Morgan fingerprint density at radius 1 is 0.694 bits per heavy atom. The number of carbonyl (C=O) groups excluding carboxylic acids is 12. The third-order valence-electron chi connectivity index (χ3n) is 21.6. The van der Waals surface area contributed by atoms with Gasteiger partial charge in [0.15, 0.2) is 5.78 Å². The van der Waals surface area contributed by atoms with E-state index in [1.807, 2.05) is 16.7 Å². The molecular formula is C82H108FN12O16+. The molecule has 29 heteroatoms. The van der Waals surface area contributed by atoms with Gasteiger partial charge in [0.1, 0.15) is 65.5 Å². The number of nitrogens with zero attached hydrogens (tertiary/aromatic N) is 4. The summed E-state index contributed by atoms with van der Waals surface area (Å²) in [6, 6.07) is 14.0. The number of methoxy groups -OCH3 is 1. The second-order valence-corrected chi connectivity index (χ2v) is 31.3. The molecule has 0 unspecified atom stereocenters. The predicted molar refractivity (Wildman–Crippen MR) is 408 cm³/mol. The second-order valence-electron chi connectivity index (χ2n) is 31.3. The third kappa shape index (κ3) is 22.8. The molecule has 5 aromatic rings. The number of quaternary nitrogens is 1. The number of Topliss-reactive ketones (excluding diaryl/α,β-unsaturated/α-hetero) is 2. The lowest BCUT2D eigenvalue weighted by molar-refractivity contribution is -0.870. The zero-order valence-corrected chi connectivity index (χ0v) is 64.7. The van der Waals surface area contributed by atoms with Crippen molar-refractivity contribution in [2.75, 3.05) is 67.6 Å². The van der Waals surface area contributed by atoms with Crippen LogP contribution in [-0.2, 0) is 108 Å². The maximum atomic E-state index is 16.3. The molecule has 5 aliphatic heterocycles. The molecule has 9 N–H and O–H groups in total. The number of benzene rings is 4. The minimum absolute atomic E-state index is 0.00578. The molecule has 0 radical (unpaired) electrons. The summed E-state index contributed by atoms with van der Waals surface area (Å²) in [7, 11) is 7.72. The van der Waals surface area contributed by atoms with Gasteiger partial charge in [0, 0.05) is 101 Å². The average molecular weight is 1540 g/mol. The summed E-state index contributed by atoms with van der Waals surface area (Å²) >= 11 is 0. The number of rotatable bonds is 13. The molecule has 10 atom stereocenters. The normalized spacial score (nSPS) is 24.9. The minimum Gasteiger partial charge on any atom is -0.497 e. The smallest absolute Gasteiger partial charge is 0.246 e. The molecule has 2 fully saturated rings. The number of aliphatic hydroxyl groups excluding tert-OH is 1. The highest BCUT2D eigenvalue weighted by Crippen LogP contribution is 2.34. The number of aryl methyl sites for hydroxylation is 1. The first-order valence-corrected chi connectivity index (χ1v) is 38.8. The Balaban J connectivity index is 1.09. The van der Waals surface area contributed by atoms with Crippen LogP contribution in [0.3, 0.4) is 0 Å². The van der Waals surface area contributed by atoms with Crippen LogP contribution in [0.5, 0.6) is 11.5 Å². The van der Waals surface area contributed by atoms with E-state index in [0.717, 1.165) is 23.9 Å². The van der Waals surface area contributed by atoms with Gasteiger partial charge in [0.25, 0.3) is 0 Å². The summed E-state index contributed by atoms with van der Waals surface area (Å²) < 4.78 is 36.7. The summed E-state index contributed by atoms with van der Waals surface area (Å²) in [5.74, 6) is -9.44. The molecule has 111 heavy (non-hydrogen) atoms. The Morgan fingerprint density at radius 3 is 2.19 bits per heavy atom. The van der Waals surface area contributed by atoms with Gasteiger partial charge in [-0.05, 0) is 174 Å². The highest BCUT2D eigenvalue weighted by Gasteiger charge is 2.50. The quantitative estimate of drug-likeness (QED) is 0.0598. The highest BCUT2D eigenvalue weighted by atomic mass is 19.1. The number of halogens is 1. The van der Waals surface area contributed by atoms with Gasteiger partial charge in [-0.25, -0.2) is 4.39 Å². The first-order valence-electron chi connectivity index (χ1n) is 38.8. The van der Waals surface area contributed by atoms with Crippen molar-refractivity contribution in [1.29, 1.82) is 0 Å². The van der Waals surface area contributed by atoms with E-state index in [9.17, 15) is 33.9 Å². The standard InChI is InChI=1S/C82H107FN12O16/c1-50-75(102)88-64(24-21-60(97)17-9-8-11-35-95(4,5)6)76(103)89-65-42-53-15-13-16-55(37-53)46-86-72(101)49-111-69-29-34-93-74(69)78(105)91-73(51(2)96)77(104)90-66(41-52-18-22-61(109-7)23-19-52)80(107)94-33-14-30-82(94,3)81(108)84-31-28-54-38-56(47-85-70(99)26-27-71(100)87-50)40-62(39-54)110-36-12-10-32-92-48-58(43-57(79(93)106)44-68(65)98)63-45-59(83)20-25-67(63)92/h13,15-16,18-20,22-23,25,37-40,45,48,50-51,57,64-66,69,73-74,96H,8-12,14,17,21,24,26-36,41-44,46-47,49H2,1-7H3,(H7-,84,85,86,87,88,89,90,91,99,100,101,102,103,104,105,108)/p+1/t50-,51+,57+,64+,65-,66-,69-,73-,74-,82-/m0/s1. The van der Waals surface area contributed by atoms with Crippen LogP contribution in [0.2, 0.25) is 0 Å². The summed E-state index contributed by atoms with van der Waals surface area (Å²) in [5, 5.41) is 34.5. The van der Waals surface area contributed by atoms with Crippen LogP contribution >= 0.6 is 0 Å². The number of hydrogen-bond donors (Lipinski definition) is 9. The fraction of sp³-hybridized carbons (Fsp3) is 0.537. The van der Waals surface area contributed by atoms with E-state index in [-0.39, 0.29) is 116 Å². The topological polar surface area (TPSA) is 360 Å². The summed E-state index contributed by atoms with van der Waals surface area (Å²) in [6.45, 7) is 5.02.